The molecule has 0 bridgehead atoms. The van der Waals surface area contributed by atoms with Gasteiger partial charge in [-0.05, 0) is 12.1 Å². The maximum atomic E-state index is 12.9. The lowest BCUT2D eigenvalue weighted by Crippen LogP contribution is -1.93. The van der Waals surface area contributed by atoms with E-state index in [-0.39, 0.29) is 5.82 Å². The highest BCUT2D eigenvalue weighted by atomic mass is 35.5. The SMILES string of the molecule is NCc1nc2c(Cl)cc(F)cc2s1. The van der Waals surface area contributed by atoms with E-state index in [1.54, 1.807) is 0 Å². The van der Waals surface area contributed by atoms with Gasteiger partial charge in [0.2, 0.25) is 0 Å². The molecule has 0 radical (unpaired) electrons. The summed E-state index contributed by atoms with van der Waals surface area (Å²) in [6.45, 7) is 0.358. The molecular formula is C8H6ClFN2S. The Morgan fingerprint density at radius 1 is 1.54 bits per heavy atom. The van der Waals surface area contributed by atoms with E-state index in [2.05, 4.69) is 4.98 Å². The topological polar surface area (TPSA) is 38.9 Å². The van der Waals surface area contributed by atoms with Crippen molar-refractivity contribution in [2.75, 3.05) is 0 Å². The van der Waals surface area contributed by atoms with Crippen LogP contribution in [0.25, 0.3) is 10.2 Å². The zero-order chi connectivity index (χ0) is 9.42. The van der Waals surface area contributed by atoms with Gasteiger partial charge in [0, 0.05) is 6.54 Å². The number of halogens is 2. The van der Waals surface area contributed by atoms with E-state index < -0.39 is 0 Å². The Kier molecular flexibility index (Phi) is 2.19. The average molecular weight is 217 g/mol. The van der Waals surface area contributed by atoms with Crippen molar-refractivity contribution < 1.29 is 4.39 Å². The van der Waals surface area contributed by atoms with Crippen LogP contribution >= 0.6 is 22.9 Å². The van der Waals surface area contributed by atoms with E-state index in [4.69, 9.17) is 17.3 Å². The van der Waals surface area contributed by atoms with Crippen LogP contribution in [0.1, 0.15) is 5.01 Å². The molecule has 2 rings (SSSR count). The monoisotopic (exact) mass is 216 g/mol. The lowest BCUT2D eigenvalue weighted by atomic mass is 10.3. The second-order valence-electron chi connectivity index (χ2n) is 2.55. The number of nitrogens with two attached hydrogens (primary N) is 1. The number of aromatic nitrogens is 1. The Bertz CT molecular complexity index is 455. The van der Waals surface area contributed by atoms with Gasteiger partial charge in [-0.1, -0.05) is 11.6 Å². The zero-order valence-corrected chi connectivity index (χ0v) is 8.12. The van der Waals surface area contributed by atoms with Crippen molar-refractivity contribution in [1.82, 2.24) is 4.98 Å². The summed E-state index contributed by atoms with van der Waals surface area (Å²) in [5.74, 6) is -0.343. The number of benzene rings is 1. The van der Waals surface area contributed by atoms with Crippen molar-refractivity contribution in [1.29, 1.82) is 0 Å². The Hall–Kier alpha value is -0.710. The molecule has 0 aliphatic rings. The van der Waals surface area contributed by atoms with Crippen LogP contribution in [0.2, 0.25) is 5.02 Å². The standard InChI is InChI=1S/C8H6ClFN2S/c9-5-1-4(10)2-6-8(5)12-7(3-11)13-6/h1-2H,3,11H2. The minimum Gasteiger partial charge on any atom is -0.325 e. The molecule has 0 aliphatic carbocycles. The first-order chi connectivity index (χ1) is 6.20. The van der Waals surface area contributed by atoms with Gasteiger partial charge in [-0.15, -0.1) is 11.3 Å². The lowest BCUT2D eigenvalue weighted by Gasteiger charge is -1.91. The Labute approximate surface area is 83.1 Å². The van der Waals surface area contributed by atoms with Crippen molar-refractivity contribution in [3.8, 4) is 0 Å². The molecule has 1 aromatic carbocycles. The minimum atomic E-state index is -0.343. The highest BCUT2D eigenvalue weighted by Crippen LogP contribution is 2.28. The van der Waals surface area contributed by atoms with E-state index in [0.717, 1.165) is 9.71 Å². The molecule has 0 aliphatic heterocycles. The van der Waals surface area contributed by atoms with Gasteiger partial charge in [-0.3, -0.25) is 0 Å². The van der Waals surface area contributed by atoms with E-state index in [0.29, 0.717) is 17.1 Å². The van der Waals surface area contributed by atoms with Gasteiger partial charge in [0.1, 0.15) is 16.3 Å². The van der Waals surface area contributed by atoms with Crippen molar-refractivity contribution in [3.63, 3.8) is 0 Å². The Balaban J connectivity index is 2.75. The molecule has 1 aromatic heterocycles. The Morgan fingerprint density at radius 3 is 3.00 bits per heavy atom. The number of thiazole rings is 1. The molecule has 2 nitrogen and oxygen atoms in total. The highest BCUT2D eigenvalue weighted by Gasteiger charge is 2.07. The number of fused-ring (bicyclic) bond motifs is 1. The first kappa shape index (κ1) is 8.87. The predicted octanol–water partition coefficient (Wildman–Crippen LogP) is 2.55. The van der Waals surface area contributed by atoms with Gasteiger partial charge in [-0.25, -0.2) is 9.37 Å². The molecule has 0 fully saturated rings. The molecule has 0 unspecified atom stereocenters. The molecule has 0 amide bonds. The van der Waals surface area contributed by atoms with Gasteiger partial charge in [0.15, 0.2) is 0 Å². The van der Waals surface area contributed by atoms with Gasteiger partial charge < -0.3 is 5.73 Å². The van der Waals surface area contributed by atoms with Gasteiger partial charge >= 0.3 is 0 Å². The van der Waals surface area contributed by atoms with E-state index in [1.807, 2.05) is 0 Å². The molecule has 1 heterocycles. The first-order valence-electron chi connectivity index (χ1n) is 3.65. The maximum absolute atomic E-state index is 12.9. The maximum Gasteiger partial charge on any atom is 0.126 e. The summed E-state index contributed by atoms with van der Waals surface area (Å²) >= 11 is 7.16. The number of rotatable bonds is 1. The third-order valence-corrected chi connectivity index (χ3v) is 2.94. The highest BCUT2D eigenvalue weighted by molar-refractivity contribution is 7.18. The first-order valence-corrected chi connectivity index (χ1v) is 4.84. The lowest BCUT2D eigenvalue weighted by molar-refractivity contribution is 0.630. The summed E-state index contributed by atoms with van der Waals surface area (Å²) in [4.78, 5) is 4.17. The zero-order valence-electron chi connectivity index (χ0n) is 6.55. The van der Waals surface area contributed by atoms with E-state index in [9.17, 15) is 4.39 Å². The molecule has 0 atom stereocenters. The molecule has 0 saturated heterocycles. The summed E-state index contributed by atoms with van der Waals surface area (Å²) in [5.41, 5.74) is 6.05. The van der Waals surface area contributed by atoms with Crippen molar-refractivity contribution in [3.05, 3.63) is 28.0 Å². The average Bonchev–Trinajstić information content (AvgIpc) is 2.47. The quantitative estimate of drug-likeness (QED) is 0.796. The number of hydrogen-bond donors (Lipinski definition) is 1. The van der Waals surface area contributed by atoms with Crippen LogP contribution in [0.5, 0.6) is 0 Å². The molecule has 13 heavy (non-hydrogen) atoms. The summed E-state index contributed by atoms with van der Waals surface area (Å²) in [6, 6.07) is 2.67. The fourth-order valence-electron chi connectivity index (χ4n) is 1.09. The summed E-state index contributed by atoms with van der Waals surface area (Å²) < 4.78 is 13.6. The van der Waals surface area contributed by atoms with Crippen molar-refractivity contribution >= 4 is 33.2 Å². The van der Waals surface area contributed by atoms with Crippen molar-refractivity contribution in [2.24, 2.45) is 5.73 Å². The summed E-state index contributed by atoms with van der Waals surface area (Å²) in [7, 11) is 0. The second-order valence-corrected chi connectivity index (χ2v) is 4.07. The molecule has 2 aromatic rings. The summed E-state index contributed by atoms with van der Waals surface area (Å²) in [5, 5.41) is 1.11. The third kappa shape index (κ3) is 1.52. The van der Waals surface area contributed by atoms with Crippen LogP contribution in [0.15, 0.2) is 12.1 Å². The minimum absolute atomic E-state index is 0.339. The van der Waals surface area contributed by atoms with Crippen LogP contribution < -0.4 is 5.73 Å². The molecule has 2 N–H and O–H groups in total. The van der Waals surface area contributed by atoms with Gasteiger partial charge in [0.05, 0.1) is 9.72 Å². The van der Waals surface area contributed by atoms with Gasteiger partial charge in [0.25, 0.3) is 0 Å². The van der Waals surface area contributed by atoms with Crippen LogP contribution in [-0.2, 0) is 6.54 Å². The van der Waals surface area contributed by atoms with Crippen molar-refractivity contribution in [2.45, 2.75) is 6.54 Å². The normalized spacial score (nSPS) is 11.0. The summed E-state index contributed by atoms with van der Waals surface area (Å²) in [6.07, 6.45) is 0. The molecule has 5 heteroatoms. The van der Waals surface area contributed by atoms with Crippen LogP contribution in [0.3, 0.4) is 0 Å². The van der Waals surface area contributed by atoms with Gasteiger partial charge in [-0.2, -0.15) is 0 Å². The molecule has 68 valence electrons. The second kappa shape index (κ2) is 3.21. The third-order valence-electron chi connectivity index (χ3n) is 1.63. The predicted molar refractivity (Wildman–Crippen MR) is 52.5 cm³/mol. The fourth-order valence-corrected chi connectivity index (χ4v) is 2.29. The molecule has 0 spiro atoms. The van der Waals surface area contributed by atoms with E-state index in [1.165, 1.54) is 23.5 Å². The van der Waals surface area contributed by atoms with Crippen LogP contribution in [0, 0.1) is 5.82 Å². The molecular weight excluding hydrogens is 211 g/mol. The van der Waals surface area contributed by atoms with E-state index >= 15 is 0 Å². The largest absolute Gasteiger partial charge is 0.325 e. The number of hydrogen-bond acceptors (Lipinski definition) is 3. The molecule has 0 saturated carbocycles. The Morgan fingerprint density at radius 2 is 2.31 bits per heavy atom. The number of nitrogens with zero attached hydrogens (tertiary/aromatic N) is 1. The smallest absolute Gasteiger partial charge is 0.126 e. The van der Waals surface area contributed by atoms with Crippen LogP contribution in [-0.4, -0.2) is 4.98 Å². The fraction of sp³-hybridized carbons (Fsp3) is 0.125. The van der Waals surface area contributed by atoms with Crippen LogP contribution in [0.4, 0.5) is 4.39 Å².